The van der Waals surface area contributed by atoms with Gasteiger partial charge in [-0.3, -0.25) is 4.55 Å². The molecule has 0 atom stereocenters. The zero-order valence-electron chi connectivity index (χ0n) is 7.12. The van der Waals surface area contributed by atoms with Crippen molar-refractivity contribution in [1.29, 1.82) is 0 Å². The lowest BCUT2D eigenvalue weighted by Crippen LogP contribution is -1.98. The Balaban J connectivity index is 3.39. The van der Waals surface area contributed by atoms with Gasteiger partial charge in [0.1, 0.15) is 0 Å². The molecular formula is C8H5Cl3O3S. The van der Waals surface area contributed by atoms with E-state index < -0.39 is 14.5 Å². The molecule has 0 aliphatic rings. The summed E-state index contributed by atoms with van der Waals surface area (Å²) in [4.78, 5) is 0. The van der Waals surface area contributed by atoms with Crippen LogP contribution in [0.2, 0.25) is 5.02 Å². The number of halogens is 3. The molecule has 1 N–H and O–H groups in total. The third-order valence-corrected chi connectivity index (χ3v) is 3.87. The van der Waals surface area contributed by atoms with Crippen molar-refractivity contribution < 1.29 is 13.0 Å². The summed E-state index contributed by atoms with van der Waals surface area (Å²) < 4.78 is 29.2. The van der Waals surface area contributed by atoms with Crippen molar-refractivity contribution in [2.75, 3.05) is 0 Å². The van der Waals surface area contributed by atoms with Gasteiger partial charge in [-0.05, 0) is 6.07 Å². The summed E-state index contributed by atoms with van der Waals surface area (Å²) in [5.74, 6) is 0. The highest BCUT2D eigenvalue weighted by Crippen LogP contribution is 2.32. The smallest absolute Gasteiger partial charge is 0.281 e. The molecule has 0 amide bonds. The molecule has 0 aliphatic heterocycles. The van der Waals surface area contributed by atoms with Crippen molar-refractivity contribution in [2.45, 2.75) is 0 Å². The molecular weight excluding hydrogens is 283 g/mol. The summed E-state index contributed by atoms with van der Waals surface area (Å²) in [6, 6.07) is 6.26. The maximum Gasteiger partial charge on any atom is 0.307 e. The highest BCUT2D eigenvalue weighted by atomic mass is 35.5. The topological polar surface area (TPSA) is 54.4 Å². The van der Waals surface area contributed by atoms with Gasteiger partial charge in [0.2, 0.25) is 0 Å². The largest absolute Gasteiger partial charge is 0.307 e. The standard InChI is InChI=1S/C8H5Cl3O3S/c9-6-4-2-1-3-5(6)7(10)8(11)15(12,13)14/h1-4H,(H,12,13,14). The van der Waals surface area contributed by atoms with Crippen LogP contribution in [0.4, 0.5) is 0 Å². The first-order chi connectivity index (χ1) is 6.84. The van der Waals surface area contributed by atoms with Gasteiger partial charge in [-0.1, -0.05) is 53.0 Å². The lowest BCUT2D eigenvalue weighted by atomic mass is 10.2. The fourth-order valence-electron chi connectivity index (χ4n) is 0.858. The second-order valence-electron chi connectivity index (χ2n) is 2.54. The molecule has 82 valence electrons. The van der Waals surface area contributed by atoms with Crippen molar-refractivity contribution in [3.8, 4) is 0 Å². The predicted octanol–water partition coefficient (Wildman–Crippen LogP) is 3.33. The van der Waals surface area contributed by atoms with Crippen LogP contribution in [0.3, 0.4) is 0 Å². The van der Waals surface area contributed by atoms with Gasteiger partial charge in [0.15, 0.2) is 4.36 Å². The molecule has 0 radical (unpaired) electrons. The van der Waals surface area contributed by atoms with Crippen molar-refractivity contribution in [2.24, 2.45) is 0 Å². The first-order valence-electron chi connectivity index (χ1n) is 3.61. The second kappa shape index (κ2) is 4.72. The van der Waals surface area contributed by atoms with Gasteiger partial charge < -0.3 is 0 Å². The Hall–Kier alpha value is -0.260. The van der Waals surface area contributed by atoms with Gasteiger partial charge in [-0.15, -0.1) is 0 Å². The first-order valence-corrected chi connectivity index (χ1v) is 6.19. The normalized spacial score (nSPS) is 13.6. The van der Waals surface area contributed by atoms with Gasteiger partial charge in [-0.2, -0.15) is 8.42 Å². The Bertz CT molecular complexity index is 508. The molecule has 0 saturated heterocycles. The summed E-state index contributed by atoms with van der Waals surface area (Å²) in [6.07, 6.45) is 0. The summed E-state index contributed by atoms with van der Waals surface area (Å²) in [6.45, 7) is 0. The average Bonchev–Trinajstić information content (AvgIpc) is 2.15. The third-order valence-electron chi connectivity index (χ3n) is 1.51. The number of hydrogen-bond acceptors (Lipinski definition) is 2. The number of hydrogen-bond donors (Lipinski definition) is 1. The maximum atomic E-state index is 10.7. The van der Waals surface area contributed by atoms with Crippen LogP contribution in [0.5, 0.6) is 0 Å². The van der Waals surface area contributed by atoms with Crippen LogP contribution >= 0.6 is 34.8 Å². The Morgan fingerprint density at radius 1 is 1.20 bits per heavy atom. The van der Waals surface area contributed by atoms with Crippen molar-refractivity contribution >= 4 is 50.0 Å². The van der Waals surface area contributed by atoms with Crippen LogP contribution < -0.4 is 0 Å². The van der Waals surface area contributed by atoms with Crippen LogP contribution in [0.25, 0.3) is 5.03 Å². The second-order valence-corrected chi connectivity index (χ2v) is 5.29. The summed E-state index contributed by atoms with van der Waals surface area (Å²) in [7, 11) is -4.51. The quantitative estimate of drug-likeness (QED) is 0.849. The Kier molecular flexibility index (Phi) is 4.03. The predicted molar refractivity (Wildman–Crippen MR) is 61.6 cm³/mol. The Morgan fingerprint density at radius 2 is 1.73 bits per heavy atom. The van der Waals surface area contributed by atoms with E-state index in [1.807, 2.05) is 0 Å². The molecule has 3 nitrogen and oxygen atoms in total. The van der Waals surface area contributed by atoms with Gasteiger partial charge in [0.25, 0.3) is 0 Å². The van der Waals surface area contributed by atoms with E-state index in [2.05, 4.69) is 0 Å². The first kappa shape index (κ1) is 12.8. The van der Waals surface area contributed by atoms with Crippen LogP contribution in [-0.2, 0) is 10.1 Å². The summed E-state index contributed by atoms with van der Waals surface area (Å²) in [5, 5.41) is -0.0749. The molecule has 15 heavy (non-hydrogen) atoms. The Morgan fingerprint density at radius 3 is 2.20 bits per heavy atom. The van der Waals surface area contributed by atoms with Gasteiger partial charge in [-0.25, -0.2) is 0 Å². The SMILES string of the molecule is O=S(=O)(O)C(Cl)=C(Cl)c1ccccc1Cl. The number of benzene rings is 1. The van der Waals surface area contributed by atoms with Crippen LogP contribution in [-0.4, -0.2) is 13.0 Å². The van der Waals surface area contributed by atoms with E-state index in [0.717, 1.165) is 0 Å². The lowest BCUT2D eigenvalue weighted by molar-refractivity contribution is 0.493. The lowest BCUT2D eigenvalue weighted by Gasteiger charge is -2.03. The molecule has 0 fully saturated rings. The molecule has 0 bridgehead atoms. The van der Waals surface area contributed by atoms with Crippen molar-refractivity contribution in [1.82, 2.24) is 0 Å². The Labute approximate surface area is 102 Å². The summed E-state index contributed by atoms with van der Waals surface area (Å²) >= 11 is 16.8. The van der Waals surface area contributed by atoms with E-state index in [1.54, 1.807) is 12.1 Å². The molecule has 1 rings (SSSR count). The molecule has 0 aliphatic carbocycles. The van der Waals surface area contributed by atoms with Crippen molar-refractivity contribution in [3.05, 3.63) is 39.2 Å². The van der Waals surface area contributed by atoms with E-state index in [1.165, 1.54) is 12.1 Å². The van der Waals surface area contributed by atoms with E-state index in [0.29, 0.717) is 0 Å². The monoisotopic (exact) mass is 286 g/mol. The molecule has 0 heterocycles. The minimum atomic E-state index is -4.51. The minimum absolute atomic E-state index is 0.239. The van der Waals surface area contributed by atoms with Gasteiger partial charge in [0, 0.05) is 10.6 Å². The molecule has 0 unspecified atom stereocenters. The fraction of sp³-hybridized carbons (Fsp3) is 0. The molecule has 1 aromatic rings. The molecule has 1 aromatic carbocycles. The average molecular weight is 288 g/mol. The van der Waals surface area contributed by atoms with E-state index >= 15 is 0 Å². The van der Waals surface area contributed by atoms with E-state index in [9.17, 15) is 8.42 Å². The van der Waals surface area contributed by atoms with Crippen LogP contribution in [0.15, 0.2) is 28.6 Å². The number of rotatable bonds is 2. The molecule has 7 heteroatoms. The highest BCUT2D eigenvalue weighted by Gasteiger charge is 2.18. The van der Waals surface area contributed by atoms with Gasteiger partial charge >= 0.3 is 10.1 Å². The third kappa shape index (κ3) is 3.09. The van der Waals surface area contributed by atoms with E-state index in [-0.39, 0.29) is 15.6 Å². The van der Waals surface area contributed by atoms with Crippen LogP contribution in [0, 0.1) is 0 Å². The summed E-state index contributed by atoms with van der Waals surface area (Å²) in [5.41, 5.74) is 0.239. The maximum absolute atomic E-state index is 10.7. The minimum Gasteiger partial charge on any atom is -0.281 e. The zero-order valence-corrected chi connectivity index (χ0v) is 10.2. The fourth-order valence-corrected chi connectivity index (χ4v) is 2.03. The van der Waals surface area contributed by atoms with E-state index in [4.69, 9.17) is 39.4 Å². The molecule has 0 spiro atoms. The van der Waals surface area contributed by atoms with Gasteiger partial charge in [0.05, 0.1) is 5.03 Å². The van der Waals surface area contributed by atoms with Crippen LogP contribution in [0.1, 0.15) is 5.56 Å². The molecule has 0 saturated carbocycles. The zero-order chi connectivity index (χ0) is 11.6. The molecule has 0 aromatic heterocycles. The van der Waals surface area contributed by atoms with Crippen molar-refractivity contribution in [3.63, 3.8) is 0 Å². The highest BCUT2D eigenvalue weighted by molar-refractivity contribution is 7.91.